The predicted molar refractivity (Wildman–Crippen MR) is 85.8 cm³/mol. The lowest BCUT2D eigenvalue weighted by molar-refractivity contribution is -0.0624. The minimum Gasteiger partial charge on any atom is -0.370 e. The molecular weight excluding hydrogens is 314 g/mol. The Morgan fingerprint density at radius 1 is 1.20 bits per heavy atom. The Labute approximate surface area is 130 Å². The van der Waals surface area contributed by atoms with Gasteiger partial charge in [-0.25, -0.2) is 0 Å². The Morgan fingerprint density at radius 2 is 2.05 bits per heavy atom. The average Bonchev–Trinajstić information content (AvgIpc) is 2.83. The van der Waals surface area contributed by atoms with E-state index in [4.69, 9.17) is 4.74 Å². The van der Waals surface area contributed by atoms with E-state index in [0.29, 0.717) is 6.10 Å². The molecule has 1 saturated carbocycles. The van der Waals surface area contributed by atoms with Gasteiger partial charge in [-0.2, -0.15) is 0 Å². The minimum absolute atomic E-state index is 0.250. The second-order valence-corrected chi connectivity index (χ2v) is 7.20. The summed E-state index contributed by atoms with van der Waals surface area (Å²) in [5.74, 6) is 0. The SMILES string of the molecule is Brc1cccc(CNCC2CCC3(CCCCC3)O2)c1. The van der Waals surface area contributed by atoms with E-state index < -0.39 is 0 Å². The lowest BCUT2D eigenvalue weighted by Gasteiger charge is -2.33. The van der Waals surface area contributed by atoms with Crippen LogP contribution in [-0.2, 0) is 11.3 Å². The molecule has 1 aliphatic carbocycles. The molecule has 110 valence electrons. The van der Waals surface area contributed by atoms with Crippen LogP contribution in [-0.4, -0.2) is 18.2 Å². The molecule has 1 heterocycles. The smallest absolute Gasteiger partial charge is 0.0708 e. The summed E-state index contributed by atoms with van der Waals surface area (Å²) in [6, 6.07) is 8.49. The van der Waals surface area contributed by atoms with Crippen molar-refractivity contribution in [3.05, 3.63) is 34.3 Å². The molecule has 1 spiro atoms. The van der Waals surface area contributed by atoms with E-state index in [0.717, 1.165) is 17.6 Å². The Kier molecular flexibility index (Phi) is 4.79. The van der Waals surface area contributed by atoms with E-state index in [-0.39, 0.29) is 5.60 Å². The fourth-order valence-electron chi connectivity index (χ4n) is 3.63. The molecule has 1 atom stereocenters. The summed E-state index contributed by atoms with van der Waals surface area (Å²) in [7, 11) is 0. The first kappa shape index (κ1) is 14.6. The standard InChI is InChI=1S/C17H24BrNO/c18-15-6-4-5-14(11-15)12-19-13-16-7-10-17(20-16)8-2-1-3-9-17/h4-6,11,16,19H,1-3,7-10,12-13H2. The summed E-state index contributed by atoms with van der Waals surface area (Å²) in [6.07, 6.45) is 9.61. The minimum atomic E-state index is 0.250. The van der Waals surface area contributed by atoms with Gasteiger partial charge in [0, 0.05) is 17.6 Å². The largest absolute Gasteiger partial charge is 0.370 e. The van der Waals surface area contributed by atoms with Crippen molar-refractivity contribution in [1.82, 2.24) is 5.32 Å². The predicted octanol–water partition coefficient (Wildman–Crippen LogP) is 4.42. The number of benzene rings is 1. The zero-order chi connectivity index (χ0) is 13.8. The third-order valence-electron chi connectivity index (χ3n) is 4.69. The highest BCUT2D eigenvalue weighted by atomic mass is 79.9. The van der Waals surface area contributed by atoms with E-state index in [1.165, 1.54) is 50.5 Å². The van der Waals surface area contributed by atoms with E-state index in [9.17, 15) is 0 Å². The van der Waals surface area contributed by atoms with Gasteiger partial charge in [-0.1, -0.05) is 47.3 Å². The van der Waals surface area contributed by atoms with Crippen molar-refractivity contribution in [2.24, 2.45) is 0 Å². The maximum atomic E-state index is 6.38. The van der Waals surface area contributed by atoms with Crippen LogP contribution < -0.4 is 5.32 Å². The Bertz CT molecular complexity index is 442. The molecule has 3 rings (SSSR count). The molecule has 1 saturated heterocycles. The number of hydrogen-bond donors (Lipinski definition) is 1. The van der Waals surface area contributed by atoms with Crippen molar-refractivity contribution in [3.8, 4) is 0 Å². The molecule has 2 fully saturated rings. The van der Waals surface area contributed by atoms with Gasteiger partial charge in [0.05, 0.1) is 11.7 Å². The zero-order valence-corrected chi connectivity index (χ0v) is 13.6. The van der Waals surface area contributed by atoms with Crippen molar-refractivity contribution < 1.29 is 4.74 Å². The normalized spacial score (nSPS) is 25.1. The first-order valence-electron chi connectivity index (χ1n) is 7.89. The van der Waals surface area contributed by atoms with E-state index in [2.05, 4.69) is 45.5 Å². The van der Waals surface area contributed by atoms with Crippen LogP contribution in [0, 0.1) is 0 Å². The summed E-state index contributed by atoms with van der Waals surface area (Å²) in [5, 5.41) is 3.55. The van der Waals surface area contributed by atoms with Crippen molar-refractivity contribution >= 4 is 15.9 Å². The Hall–Kier alpha value is -0.380. The zero-order valence-electron chi connectivity index (χ0n) is 12.0. The van der Waals surface area contributed by atoms with Crippen LogP contribution in [0.15, 0.2) is 28.7 Å². The van der Waals surface area contributed by atoms with Gasteiger partial charge in [-0.3, -0.25) is 0 Å². The molecule has 2 aliphatic rings. The van der Waals surface area contributed by atoms with Crippen molar-refractivity contribution in [3.63, 3.8) is 0 Å². The maximum absolute atomic E-state index is 6.38. The van der Waals surface area contributed by atoms with Gasteiger partial charge in [0.2, 0.25) is 0 Å². The fraction of sp³-hybridized carbons (Fsp3) is 0.647. The van der Waals surface area contributed by atoms with Crippen LogP contribution in [0.5, 0.6) is 0 Å². The highest BCUT2D eigenvalue weighted by Gasteiger charge is 2.40. The number of hydrogen-bond acceptors (Lipinski definition) is 2. The van der Waals surface area contributed by atoms with Gasteiger partial charge >= 0.3 is 0 Å². The van der Waals surface area contributed by atoms with Gasteiger partial charge in [0.15, 0.2) is 0 Å². The quantitative estimate of drug-likeness (QED) is 0.877. The summed E-state index contributed by atoms with van der Waals surface area (Å²) in [5.41, 5.74) is 1.57. The molecule has 1 unspecified atom stereocenters. The van der Waals surface area contributed by atoms with Gasteiger partial charge in [0.1, 0.15) is 0 Å². The molecule has 0 bridgehead atoms. The van der Waals surface area contributed by atoms with Crippen LogP contribution in [0.4, 0.5) is 0 Å². The molecule has 0 aromatic heterocycles. The summed E-state index contributed by atoms with van der Waals surface area (Å²) < 4.78 is 7.53. The van der Waals surface area contributed by atoms with Crippen LogP contribution in [0.25, 0.3) is 0 Å². The third-order valence-corrected chi connectivity index (χ3v) is 5.19. The van der Waals surface area contributed by atoms with Crippen LogP contribution in [0.1, 0.15) is 50.5 Å². The first-order chi connectivity index (χ1) is 9.76. The highest BCUT2D eigenvalue weighted by Crippen LogP contribution is 2.41. The molecule has 1 aliphatic heterocycles. The van der Waals surface area contributed by atoms with Crippen LogP contribution in [0.3, 0.4) is 0 Å². The molecule has 1 N–H and O–H groups in total. The maximum Gasteiger partial charge on any atom is 0.0708 e. The summed E-state index contributed by atoms with van der Waals surface area (Å²) in [4.78, 5) is 0. The Morgan fingerprint density at radius 3 is 2.85 bits per heavy atom. The van der Waals surface area contributed by atoms with Gasteiger partial charge in [-0.15, -0.1) is 0 Å². The van der Waals surface area contributed by atoms with Gasteiger partial charge < -0.3 is 10.1 Å². The molecule has 0 amide bonds. The molecule has 1 aromatic rings. The average molecular weight is 338 g/mol. The molecule has 20 heavy (non-hydrogen) atoms. The lowest BCUT2D eigenvalue weighted by Crippen LogP contribution is -2.34. The van der Waals surface area contributed by atoms with Gasteiger partial charge in [0.25, 0.3) is 0 Å². The number of rotatable bonds is 4. The summed E-state index contributed by atoms with van der Waals surface area (Å²) >= 11 is 3.52. The van der Waals surface area contributed by atoms with Crippen LogP contribution >= 0.6 is 15.9 Å². The van der Waals surface area contributed by atoms with Crippen molar-refractivity contribution in [2.75, 3.05) is 6.54 Å². The van der Waals surface area contributed by atoms with Crippen molar-refractivity contribution in [1.29, 1.82) is 0 Å². The highest BCUT2D eigenvalue weighted by molar-refractivity contribution is 9.10. The van der Waals surface area contributed by atoms with Crippen LogP contribution in [0.2, 0.25) is 0 Å². The fourth-order valence-corrected chi connectivity index (χ4v) is 4.07. The van der Waals surface area contributed by atoms with Gasteiger partial charge in [-0.05, 0) is 43.4 Å². The molecule has 1 aromatic carbocycles. The molecule has 3 heteroatoms. The lowest BCUT2D eigenvalue weighted by atomic mass is 9.83. The van der Waals surface area contributed by atoms with E-state index in [1.54, 1.807) is 0 Å². The topological polar surface area (TPSA) is 21.3 Å². The number of ether oxygens (including phenoxy) is 1. The van der Waals surface area contributed by atoms with E-state index in [1.807, 2.05) is 0 Å². The second kappa shape index (κ2) is 6.59. The molecular formula is C17H24BrNO. The first-order valence-corrected chi connectivity index (χ1v) is 8.68. The molecule has 2 nitrogen and oxygen atoms in total. The van der Waals surface area contributed by atoms with E-state index >= 15 is 0 Å². The monoisotopic (exact) mass is 337 g/mol. The number of halogens is 1. The molecule has 0 radical (unpaired) electrons. The second-order valence-electron chi connectivity index (χ2n) is 6.28. The number of nitrogens with one attached hydrogen (secondary N) is 1. The third kappa shape index (κ3) is 3.63. The summed E-state index contributed by atoms with van der Waals surface area (Å²) in [6.45, 7) is 1.90. The van der Waals surface area contributed by atoms with Crippen molar-refractivity contribution in [2.45, 2.75) is 63.2 Å². The Balaban J connectivity index is 1.43.